The second-order valence-corrected chi connectivity index (χ2v) is 6.12. The fourth-order valence-electron chi connectivity index (χ4n) is 2.66. The monoisotopic (exact) mass is 344 g/mol. The lowest BCUT2D eigenvalue weighted by molar-refractivity contribution is 0.0994. The number of carbonyl (C=O) groups excluding carboxylic acids is 1. The Morgan fingerprint density at radius 3 is 2.61 bits per heavy atom. The maximum atomic E-state index is 11.7. The summed E-state index contributed by atoms with van der Waals surface area (Å²) in [7, 11) is 0. The Balaban J connectivity index is 1.68. The summed E-state index contributed by atoms with van der Waals surface area (Å²) in [5.74, 6) is 1.18. The van der Waals surface area contributed by atoms with Crippen LogP contribution in [-0.4, -0.2) is 15.8 Å². The van der Waals surface area contributed by atoms with Crippen molar-refractivity contribution in [1.29, 1.82) is 0 Å². The van der Waals surface area contributed by atoms with Gasteiger partial charge >= 0.3 is 0 Å². The van der Waals surface area contributed by atoms with Gasteiger partial charge in [-0.2, -0.15) is 0 Å². The lowest BCUT2D eigenvalue weighted by atomic mass is 10.1. The van der Waals surface area contributed by atoms with Gasteiger partial charge in [0, 0.05) is 12.0 Å². The quantitative estimate of drug-likeness (QED) is 0.666. The molecule has 6 heteroatoms. The van der Waals surface area contributed by atoms with Crippen molar-refractivity contribution >= 4 is 40.0 Å². The minimum atomic E-state index is 0.184. The number of carbonyl (C=O) groups is 1. The van der Waals surface area contributed by atoms with Gasteiger partial charge in [0.2, 0.25) is 5.88 Å². The number of fused-ring (bicyclic) bond motifs is 2. The Kier molecular flexibility index (Phi) is 3.43. The van der Waals surface area contributed by atoms with E-state index in [4.69, 9.17) is 27.9 Å². The number of aryl methyl sites for hydroxylation is 1. The zero-order valence-corrected chi connectivity index (χ0v) is 13.4. The standard InChI is InChI=1S/C17H10Cl2N2O2/c18-12-6-14-15(7-13(12)19)21-17(8-20-14)23-10-2-3-11-9(5-10)1-4-16(11)22/h2-3,5-8H,1,4H2. The summed E-state index contributed by atoms with van der Waals surface area (Å²) in [6, 6.07) is 8.76. The van der Waals surface area contributed by atoms with Crippen molar-refractivity contribution in [2.24, 2.45) is 0 Å². The molecule has 0 atom stereocenters. The second kappa shape index (κ2) is 5.48. The summed E-state index contributed by atoms with van der Waals surface area (Å²) in [5.41, 5.74) is 3.04. The molecular weight excluding hydrogens is 335 g/mol. The van der Waals surface area contributed by atoms with Gasteiger partial charge in [-0.05, 0) is 42.3 Å². The van der Waals surface area contributed by atoms with Crippen molar-refractivity contribution in [3.8, 4) is 11.6 Å². The molecule has 1 aromatic heterocycles. The van der Waals surface area contributed by atoms with Crippen molar-refractivity contribution in [3.05, 3.63) is 57.7 Å². The van der Waals surface area contributed by atoms with E-state index < -0.39 is 0 Å². The zero-order valence-electron chi connectivity index (χ0n) is 11.8. The largest absolute Gasteiger partial charge is 0.437 e. The highest BCUT2D eigenvalue weighted by Gasteiger charge is 2.19. The maximum Gasteiger partial charge on any atom is 0.238 e. The van der Waals surface area contributed by atoms with Gasteiger partial charge in [0.25, 0.3) is 0 Å². The van der Waals surface area contributed by atoms with Gasteiger partial charge in [0.15, 0.2) is 5.78 Å². The van der Waals surface area contributed by atoms with E-state index in [2.05, 4.69) is 9.97 Å². The number of Topliss-reactive ketones (excluding diaryl/α,β-unsaturated/α-hetero) is 1. The summed E-state index contributed by atoms with van der Waals surface area (Å²) >= 11 is 12.0. The number of hydrogen-bond donors (Lipinski definition) is 0. The molecule has 4 rings (SSSR count). The van der Waals surface area contributed by atoms with Gasteiger partial charge in [0.1, 0.15) is 5.75 Å². The molecule has 0 aliphatic heterocycles. The molecule has 0 saturated heterocycles. The second-order valence-electron chi connectivity index (χ2n) is 5.31. The minimum absolute atomic E-state index is 0.184. The number of benzene rings is 2. The summed E-state index contributed by atoms with van der Waals surface area (Å²) in [5, 5.41) is 0.854. The van der Waals surface area contributed by atoms with E-state index in [1.54, 1.807) is 24.3 Å². The van der Waals surface area contributed by atoms with Gasteiger partial charge in [-0.15, -0.1) is 0 Å². The highest BCUT2D eigenvalue weighted by molar-refractivity contribution is 6.42. The molecule has 0 spiro atoms. The van der Waals surface area contributed by atoms with Crippen molar-refractivity contribution < 1.29 is 9.53 Å². The molecule has 0 fully saturated rings. The van der Waals surface area contributed by atoms with Gasteiger partial charge in [-0.1, -0.05) is 23.2 Å². The Morgan fingerprint density at radius 1 is 1.00 bits per heavy atom. The highest BCUT2D eigenvalue weighted by atomic mass is 35.5. The number of ketones is 1. The molecule has 1 aliphatic rings. The fourth-order valence-corrected chi connectivity index (χ4v) is 2.97. The zero-order chi connectivity index (χ0) is 16.0. The van der Waals surface area contributed by atoms with E-state index in [-0.39, 0.29) is 5.78 Å². The lowest BCUT2D eigenvalue weighted by Crippen LogP contribution is -1.94. The molecule has 4 nitrogen and oxygen atoms in total. The van der Waals surface area contributed by atoms with Crippen molar-refractivity contribution in [2.45, 2.75) is 12.8 Å². The number of aromatic nitrogens is 2. The molecule has 0 bridgehead atoms. The summed E-state index contributed by atoms with van der Waals surface area (Å²) in [6.45, 7) is 0. The van der Waals surface area contributed by atoms with E-state index in [1.165, 1.54) is 6.20 Å². The Hall–Kier alpha value is -2.17. The predicted octanol–water partition coefficient (Wildman–Crippen LogP) is 4.86. The molecule has 0 saturated carbocycles. The lowest BCUT2D eigenvalue weighted by Gasteiger charge is -2.07. The van der Waals surface area contributed by atoms with Crippen LogP contribution in [0.25, 0.3) is 11.0 Å². The van der Waals surface area contributed by atoms with Crippen molar-refractivity contribution in [1.82, 2.24) is 9.97 Å². The molecule has 1 aliphatic carbocycles. The first-order valence-corrected chi connectivity index (χ1v) is 7.81. The minimum Gasteiger partial charge on any atom is -0.437 e. The van der Waals surface area contributed by atoms with Crippen LogP contribution in [0.1, 0.15) is 22.3 Å². The predicted molar refractivity (Wildman–Crippen MR) is 88.7 cm³/mol. The molecule has 3 aromatic rings. The first-order valence-electron chi connectivity index (χ1n) is 7.06. The third-order valence-corrected chi connectivity index (χ3v) is 4.51. The van der Waals surface area contributed by atoms with Crippen LogP contribution in [-0.2, 0) is 6.42 Å². The molecular formula is C17H10Cl2N2O2. The molecule has 2 aromatic carbocycles. The SMILES string of the molecule is O=C1CCc2cc(Oc3cnc4cc(Cl)c(Cl)cc4n3)ccc21. The Labute approximate surface area is 142 Å². The number of ether oxygens (including phenoxy) is 1. The summed E-state index contributed by atoms with van der Waals surface area (Å²) in [6.07, 6.45) is 2.85. The van der Waals surface area contributed by atoms with Gasteiger partial charge < -0.3 is 4.74 Å². The Bertz CT molecular complexity index is 957. The molecule has 0 amide bonds. The molecule has 0 radical (unpaired) electrons. The number of rotatable bonds is 2. The third kappa shape index (κ3) is 2.64. The van der Waals surface area contributed by atoms with E-state index >= 15 is 0 Å². The summed E-state index contributed by atoms with van der Waals surface area (Å²) < 4.78 is 5.76. The first-order chi connectivity index (χ1) is 11.1. The molecule has 0 unspecified atom stereocenters. The van der Waals surface area contributed by atoms with E-state index in [9.17, 15) is 4.79 Å². The topological polar surface area (TPSA) is 52.1 Å². The van der Waals surface area contributed by atoms with Crippen molar-refractivity contribution in [2.75, 3.05) is 0 Å². The van der Waals surface area contributed by atoms with Crippen LogP contribution in [0.3, 0.4) is 0 Å². The number of nitrogens with zero attached hydrogens (tertiary/aromatic N) is 2. The van der Waals surface area contributed by atoms with Gasteiger partial charge in [0.05, 0.1) is 27.3 Å². The smallest absolute Gasteiger partial charge is 0.238 e. The fraction of sp³-hybridized carbons (Fsp3) is 0.118. The molecule has 23 heavy (non-hydrogen) atoms. The van der Waals surface area contributed by atoms with Crippen LogP contribution in [0.2, 0.25) is 10.0 Å². The number of halogens is 2. The average molecular weight is 345 g/mol. The van der Waals surface area contributed by atoms with Crippen molar-refractivity contribution in [3.63, 3.8) is 0 Å². The molecule has 1 heterocycles. The normalized spacial score (nSPS) is 13.4. The average Bonchev–Trinajstić information content (AvgIpc) is 2.90. The van der Waals surface area contributed by atoms with Gasteiger partial charge in [-0.25, -0.2) is 9.97 Å². The van der Waals surface area contributed by atoms with E-state index in [0.717, 1.165) is 17.5 Å². The van der Waals surface area contributed by atoms with Crippen LogP contribution < -0.4 is 4.74 Å². The molecule has 114 valence electrons. The highest BCUT2D eigenvalue weighted by Crippen LogP contribution is 2.30. The van der Waals surface area contributed by atoms with Crippen LogP contribution in [0.15, 0.2) is 36.5 Å². The third-order valence-electron chi connectivity index (χ3n) is 3.78. The maximum absolute atomic E-state index is 11.7. The van der Waals surface area contributed by atoms with Crippen LogP contribution in [0, 0.1) is 0 Å². The summed E-state index contributed by atoms with van der Waals surface area (Å²) in [4.78, 5) is 20.3. The van der Waals surface area contributed by atoms with E-state index in [0.29, 0.717) is 39.1 Å². The first kappa shape index (κ1) is 14.4. The number of hydrogen-bond acceptors (Lipinski definition) is 4. The van der Waals surface area contributed by atoms with Crippen LogP contribution in [0.5, 0.6) is 11.6 Å². The van der Waals surface area contributed by atoms with Crippen LogP contribution in [0.4, 0.5) is 0 Å². The Morgan fingerprint density at radius 2 is 1.78 bits per heavy atom. The van der Waals surface area contributed by atoms with Gasteiger partial charge in [-0.3, -0.25) is 4.79 Å². The van der Waals surface area contributed by atoms with Crippen LogP contribution >= 0.6 is 23.2 Å². The molecule has 0 N–H and O–H groups in total. The van der Waals surface area contributed by atoms with E-state index in [1.807, 2.05) is 6.07 Å².